The van der Waals surface area contributed by atoms with Gasteiger partial charge in [0.2, 0.25) is 15.9 Å². The molecular weight excluding hydrogens is 566 g/mol. The lowest BCUT2D eigenvalue weighted by Crippen LogP contribution is -2.71. The van der Waals surface area contributed by atoms with Crippen LogP contribution in [0.15, 0.2) is 32.0 Å². The molecule has 1 aromatic carbocycles. The maximum absolute atomic E-state index is 13.1. The Hall–Kier alpha value is -1.01. The number of likely N-dealkylation sites (tertiary alicyclic amines) is 1. The zero-order chi connectivity index (χ0) is 24.7. The molecule has 0 saturated carbocycles. The Kier molecular flexibility index (Phi) is 7.94. The van der Waals surface area contributed by atoms with E-state index in [0.717, 1.165) is 0 Å². The van der Waals surface area contributed by atoms with Crippen molar-refractivity contribution in [3.63, 3.8) is 0 Å². The summed E-state index contributed by atoms with van der Waals surface area (Å²) in [4.78, 5) is 24.9. The van der Waals surface area contributed by atoms with Crippen LogP contribution in [-0.2, 0) is 14.8 Å². The van der Waals surface area contributed by atoms with E-state index in [4.69, 9.17) is 0 Å². The summed E-state index contributed by atoms with van der Waals surface area (Å²) in [5, 5.41) is 15.3. The molecule has 11 heteroatoms. The fourth-order valence-electron chi connectivity index (χ4n) is 4.16. The van der Waals surface area contributed by atoms with Gasteiger partial charge in [-0.1, -0.05) is 36.7 Å². The van der Waals surface area contributed by atoms with Gasteiger partial charge in [0.15, 0.2) is 0 Å². The third kappa shape index (κ3) is 5.55. The van der Waals surface area contributed by atoms with Crippen molar-refractivity contribution < 1.29 is 27.6 Å². The van der Waals surface area contributed by atoms with Gasteiger partial charge in [-0.05, 0) is 54.9 Å². The van der Waals surface area contributed by atoms with Crippen molar-refractivity contribution in [3.05, 3.63) is 27.1 Å². The molecule has 0 bridgehead atoms. The molecule has 8 nitrogen and oxygen atoms in total. The van der Waals surface area contributed by atoms with E-state index in [1.165, 1.54) is 6.07 Å². The van der Waals surface area contributed by atoms with Gasteiger partial charge in [-0.15, -0.1) is 0 Å². The first-order chi connectivity index (χ1) is 14.4. The van der Waals surface area contributed by atoms with Gasteiger partial charge in [0.05, 0.1) is 23.0 Å². The van der Waals surface area contributed by atoms with Gasteiger partial charge in [-0.25, -0.2) is 13.1 Å². The minimum atomic E-state index is -3.93. The Morgan fingerprint density at radius 3 is 2.25 bits per heavy atom. The molecule has 1 aliphatic rings. The number of nitrogens with zero attached hydrogens (tertiary/aromatic N) is 1. The molecule has 1 aromatic rings. The van der Waals surface area contributed by atoms with Crippen LogP contribution in [0.1, 0.15) is 48.0 Å². The monoisotopic (exact) mass is 595 g/mol. The second kappa shape index (κ2) is 9.32. The molecule has 0 aliphatic carbocycles. The summed E-state index contributed by atoms with van der Waals surface area (Å²) in [7, 11) is -3.93. The maximum Gasteiger partial charge on any atom is 0.258 e. The number of quaternary nitrogens is 1. The number of sulfonamides is 1. The van der Waals surface area contributed by atoms with Crippen LogP contribution in [0.25, 0.3) is 0 Å². The molecule has 0 radical (unpaired) electrons. The fraction of sp³-hybridized carbons (Fsp3) is 0.619. The number of halogens is 2. The molecule has 0 aromatic heterocycles. The minimum Gasteiger partial charge on any atom is -0.498 e. The summed E-state index contributed by atoms with van der Waals surface area (Å²) in [5.41, 5.74) is -1.42. The Bertz CT molecular complexity index is 1000. The Morgan fingerprint density at radius 2 is 1.75 bits per heavy atom. The Balaban J connectivity index is 2.38. The molecule has 1 unspecified atom stereocenters. The number of hydrogen-bond donors (Lipinski definition) is 2. The van der Waals surface area contributed by atoms with Gasteiger partial charge in [-0.3, -0.25) is 9.28 Å². The van der Waals surface area contributed by atoms with Crippen LogP contribution in [0.2, 0.25) is 0 Å². The highest BCUT2D eigenvalue weighted by Gasteiger charge is 2.56. The van der Waals surface area contributed by atoms with Crippen molar-refractivity contribution in [1.82, 2.24) is 10.0 Å². The summed E-state index contributed by atoms with van der Waals surface area (Å²) in [6.45, 7) is 10.8. The molecule has 2 rings (SSSR count). The van der Waals surface area contributed by atoms with Crippen molar-refractivity contribution in [3.8, 4) is 0 Å². The third-order valence-electron chi connectivity index (χ3n) is 5.90. The van der Waals surface area contributed by atoms with E-state index >= 15 is 0 Å². The van der Waals surface area contributed by atoms with Crippen LogP contribution < -0.4 is 15.1 Å². The number of hydrogen-bond acceptors (Lipinski definition) is 5. The number of benzene rings is 1. The van der Waals surface area contributed by atoms with E-state index in [9.17, 15) is 23.1 Å². The van der Waals surface area contributed by atoms with Gasteiger partial charge in [-0.2, -0.15) is 0 Å². The van der Waals surface area contributed by atoms with E-state index in [1.807, 2.05) is 0 Å². The highest BCUT2D eigenvalue weighted by Crippen LogP contribution is 2.37. The summed E-state index contributed by atoms with van der Waals surface area (Å²) in [5.74, 6) is -0.204. The van der Waals surface area contributed by atoms with Crippen LogP contribution in [0.4, 0.5) is 4.79 Å². The molecule has 2 amide bonds. The average Bonchev–Trinajstić information content (AvgIpc) is 2.99. The zero-order valence-electron chi connectivity index (χ0n) is 19.2. The quantitative estimate of drug-likeness (QED) is 0.507. The van der Waals surface area contributed by atoms with Crippen LogP contribution in [-0.4, -0.2) is 55.6 Å². The maximum atomic E-state index is 13.1. The van der Waals surface area contributed by atoms with Crippen LogP contribution in [0.5, 0.6) is 0 Å². The van der Waals surface area contributed by atoms with Crippen molar-refractivity contribution >= 4 is 53.9 Å². The Labute approximate surface area is 207 Å². The summed E-state index contributed by atoms with van der Waals surface area (Å²) >= 11 is 6.55. The third-order valence-corrected chi connectivity index (χ3v) is 8.90. The normalized spacial score (nSPS) is 24.4. The van der Waals surface area contributed by atoms with E-state index in [-0.39, 0.29) is 30.3 Å². The molecule has 1 heterocycles. The second-order valence-corrected chi connectivity index (χ2v) is 13.7. The zero-order valence-corrected chi connectivity index (χ0v) is 23.1. The van der Waals surface area contributed by atoms with Crippen LogP contribution in [0.3, 0.4) is 0 Å². The lowest BCUT2D eigenvalue weighted by Gasteiger charge is -2.49. The number of carbonyl (C=O) groups is 2. The SMILES string of the molecule is CC(C)(C)C(=O)NC[C@H]1C[C@@H](NS(=O)(=O)c2cc(Br)ccc2Br)C[N+]1(C(=O)[O-])C(C)(C)C. The van der Waals surface area contributed by atoms with Crippen molar-refractivity contribution in [2.45, 2.75) is 70.5 Å². The van der Waals surface area contributed by atoms with Gasteiger partial charge >= 0.3 is 0 Å². The molecule has 1 aliphatic heterocycles. The van der Waals surface area contributed by atoms with Crippen molar-refractivity contribution in [2.24, 2.45) is 5.41 Å². The van der Waals surface area contributed by atoms with E-state index in [0.29, 0.717) is 8.95 Å². The Morgan fingerprint density at radius 1 is 1.16 bits per heavy atom. The number of carbonyl (C=O) groups excluding carboxylic acids is 2. The largest absolute Gasteiger partial charge is 0.498 e. The molecule has 1 saturated heterocycles. The van der Waals surface area contributed by atoms with Gasteiger partial charge in [0, 0.05) is 20.8 Å². The molecule has 32 heavy (non-hydrogen) atoms. The molecule has 3 atom stereocenters. The average molecular weight is 597 g/mol. The first-order valence-electron chi connectivity index (χ1n) is 10.3. The van der Waals surface area contributed by atoms with E-state index in [1.54, 1.807) is 53.7 Å². The topological polar surface area (TPSA) is 115 Å². The first kappa shape index (κ1) is 27.2. The smallest absolute Gasteiger partial charge is 0.258 e. The lowest BCUT2D eigenvalue weighted by molar-refractivity contribution is -0.929. The first-order valence-corrected chi connectivity index (χ1v) is 13.3. The molecule has 180 valence electrons. The number of rotatable bonds is 5. The van der Waals surface area contributed by atoms with Gasteiger partial charge in [0.1, 0.15) is 12.6 Å². The number of nitrogens with one attached hydrogen (secondary N) is 2. The minimum absolute atomic E-state index is 0.00669. The molecule has 0 spiro atoms. The van der Waals surface area contributed by atoms with Crippen LogP contribution in [0, 0.1) is 5.41 Å². The predicted molar refractivity (Wildman–Crippen MR) is 127 cm³/mol. The molecule has 2 N–H and O–H groups in total. The summed E-state index contributed by atoms with van der Waals surface area (Å²) in [6, 6.07) is 3.59. The fourth-order valence-corrected chi connectivity index (χ4v) is 6.91. The highest BCUT2D eigenvalue weighted by molar-refractivity contribution is 9.11. The number of amides is 2. The van der Waals surface area contributed by atoms with Crippen molar-refractivity contribution in [1.29, 1.82) is 0 Å². The summed E-state index contributed by atoms with van der Waals surface area (Å²) < 4.78 is 29.4. The highest BCUT2D eigenvalue weighted by atomic mass is 79.9. The number of carboxylic acid groups (broad SMARTS) is 1. The summed E-state index contributed by atoms with van der Waals surface area (Å²) in [6.07, 6.45) is -1.06. The van der Waals surface area contributed by atoms with Crippen LogP contribution >= 0.6 is 31.9 Å². The van der Waals surface area contributed by atoms with Gasteiger partial charge < -0.3 is 15.2 Å². The predicted octanol–water partition coefficient (Wildman–Crippen LogP) is 2.75. The molecule has 1 fully saturated rings. The standard InChI is InChI=1S/C21H31Br2N3O5S/c1-20(2,3)18(27)24-11-15-10-14(12-26(15,19(28)29)21(4,5)6)25-32(30,31)17-9-13(22)7-8-16(17)23/h7-9,14-15,25H,10-12H2,1-6H3,(H-,24,27,28,29)/t14-,15-,26?/m1/s1. The van der Waals surface area contributed by atoms with Crippen molar-refractivity contribution in [2.75, 3.05) is 13.1 Å². The lowest BCUT2D eigenvalue weighted by atomic mass is 9.95. The second-order valence-electron chi connectivity index (χ2n) is 10.2. The van der Waals surface area contributed by atoms with E-state index in [2.05, 4.69) is 41.9 Å². The van der Waals surface area contributed by atoms with Gasteiger partial charge in [0.25, 0.3) is 6.09 Å². The molecular formula is C21H31Br2N3O5S. The van der Waals surface area contributed by atoms with E-state index < -0.39 is 43.6 Å².